The molecular formula is C6H9NO2. The molecule has 2 unspecified atom stereocenters. The lowest BCUT2D eigenvalue weighted by atomic mass is 10.2. The Morgan fingerprint density at radius 1 is 1.67 bits per heavy atom. The first-order chi connectivity index (χ1) is 4.36. The summed E-state index contributed by atoms with van der Waals surface area (Å²) in [6.45, 7) is 0.0399. The Kier molecular flexibility index (Phi) is 2.04. The lowest BCUT2D eigenvalue weighted by Gasteiger charge is -2.03. The minimum Gasteiger partial charge on any atom is -0.394 e. The number of hydrogen-bond acceptors (Lipinski definition) is 3. The van der Waals surface area contributed by atoms with Gasteiger partial charge in [0.15, 0.2) is 0 Å². The van der Waals surface area contributed by atoms with Crippen molar-refractivity contribution >= 4 is 0 Å². The molecule has 1 aliphatic heterocycles. The summed E-state index contributed by atoms with van der Waals surface area (Å²) in [6, 6.07) is 1.99. The molecule has 1 saturated heterocycles. The lowest BCUT2D eigenvalue weighted by Crippen LogP contribution is -2.12. The Labute approximate surface area is 53.9 Å². The highest BCUT2D eigenvalue weighted by atomic mass is 16.5. The van der Waals surface area contributed by atoms with Gasteiger partial charge in [0.25, 0.3) is 0 Å². The maximum atomic E-state index is 8.54. The third-order valence-corrected chi connectivity index (χ3v) is 1.46. The van der Waals surface area contributed by atoms with Crippen LogP contribution in [0.25, 0.3) is 0 Å². The van der Waals surface area contributed by atoms with E-state index >= 15 is 0 Å². The van der Waals surface area contributed by atoms with Crippen molar-refractivity contribution < 1.29 is 9.84 Å². The minimum atomic E-state index is -0.276. The van der Waals surface area contributed by atoms with Crippen LogP contribution < -0.4 is 0 Å². The first-order valence-corrected chi connectivity index (χ1v) is 3.02. The van der Waals surface area contributed by atoms with Crippen molar-refractivity contribution in [1.82, 2.24) is 0 Å². The second kappa shape index (κ2) is 2.81. The number of ether oxygens (including phenoxy) is 1. The average molecular weight is 127 g/mol. The molecule has 2 atom stereocenters. The van der Waals surface area contributed by atoms with Crippen LogP contribution in [0.4, 0.5) is 0 Å². The second-order valence-electron chi connectivity index (χ2n) is 2.14. The number of nitriles is 1. The summed E-state index contributed by atoms with van der Waals surface area (Å²) in [5.41, 5.74) is 0. The normalized spacial score (nSPS) is 34.2. The van der Waals surface area contributed by atoms with E-state index in [2.05, 4.69) is 0 Å². The zero-order chi connectivity index (χ0) is 6.69. The van der Waals surface area contributed by atoms with E-state index in [1.165, 1.54) is 0 Å². The highest BCUT2D eigenvalue weighted by Gasteiger charge is 2.23. The molecule has 0 radical (unpaired) electrons. The van der Waals surface area contributed by atoms with E-state index in [9.17, 15) is 0 Å². The van der Waals surface area contributed by atoms with Gasteiger partial charge in [-0.25, -0.2) is 0 Å². The SMILES string of the molecule is N#CC1CCC(CO)O1. The van der Waals surface area contributed by atoms with Crippen molar-refractivity contribution in [3.05, 3.63) is 0 Å². The highest BCUT2D eigenvalue weighted by Crippen LogP contribution is 2.17. The standard InChI is InChI=1S/C6H9NO2/c7-3-5-1-2-6(4-8)9-5/h5-6,8H,1-2,4H2. The number of aliphatic hydroxyl groups excluding tert-OH is 1. The molecule has 0 amide bonds. The smallest absolute Gasteiger partial charge is 0.144 e. The molecule has 50 valence electrons. The molecule has 0 saturated carbocycles. The molecule has 0 aliphatic carbocycles. The van der Waals surface area contributed by atoms with E-state index in [1.54, 1.807) is 0 Å². The van der Waals surface area contributed by atoms with Crippen LogP contribution in [0.5, 0.6) is 0 Å². The van der Waals surface area contributed by atoms with E-state index in [1.807, 2.05) is 6.07 Å². The molecule has 3 heteroatoms. The number of nitrogens with zero attached hydrogens (tertiary/aromatic N) is 1. The molecule has 1 fully saturated rings. The Bertz CT molecular complexity index is 130. The van der Waals surface area contributed by atoms with Crippen molar-refractivity contribution in [3.63, 3.8) is 0 Å². The van der Waals surface area contributed by atoms with Crippen molar-refractivity contribution in [2.24, 2.45) is 0 Å². The first-order valence-electron chi connectivity index (χ1n) is 3.02. The zero-order valence-corrected chi connectivity index (χ0v) is 5.08. The molecule has 0 aromatic carbocycles. The van der Waals surface area contributed by atoms with E-state index in [0.717, 1.165) is 12.8 Å². The van der Waals surface area contributed by atoms with Gasteiger partial charge in [0.2, 0.25) is 0 Å². The van der Waals surface area contributed by atoms with E-state index in [-0.39, 0.29) is 18.8 Å². The third-order valence-electron chi connectivity index (χ3n) is 1.46. The van der Waals surface area contributed by atoms with Crippen molar-refractivity contribution in [1.29, 1.82) is 5.26 Å². The van der Waals surface area contributed by atoms with Crippen LogP contribution in [0.2, 0.25) is 0 Å². The monoisotopic (exact) mass is 127 g/mol. The predicted molar refractivity (Wildman–Crippen MR) is 30.6 cm³/mol. The Balaban J connectivity index is 2.31. The minimum absolute atomic E-state index is 0.0399. The molecule has 0 spiro atoms. The van der Waals surface area contributed by atoms with Crippen LogP contribution >= 0.6 is 0 Å². The van der Waals surface area contributed by atoms with Crippen molar-refractivity contribution in [2.45, 2.75) is 25.0 Å². The van der Waals surface area contributed by atoms with Gasteiger partial charge in [-0.3, -0.25) is 0 Å². The summed E-state index contributed by atoms with van der Waals surface area (Å²) >= 11 is 0. The van der Waals surface area contributed by atoms with Crippen LogP contribution in [0.3, 0.4) is 0 Å². The highest BCUT2D eigenvalue weighted by molar-refractivity contribution is 4.89. The fourth-order valence-corrected chi connectivity index (χ4v) is 0.935. The topological polar surface area (TPSA) is 53.2 Å². The van der Waals surface area contributed by atoms with Gasteiger partial charge in [-0.15, -0.1) is 0 Å². The maximum Gasteiger partial charge on any atom is 0.144 e. The van der Waals surface area contributed by atoms with E-state index in [0.29, 0.717) is 0 Å². The van der Waals surface area contributed by atoms with Crippen LogP contribution in [-0.4, -0.2) is 23.9 Å². The van der Waals surface area contributed by atoms with Gasteiger partial charge in [0.05, 0.1) is 18.8 Å². The van der Waals surface area contributed by atoms with Gasteiger partial charge in [0, 0.05) is 0 Å². The van der Waals surface area contributed by atoms with Gasteiger partial charge >= 0.3 is 0 Å². The van der Waals surface area contributed by atoms with E-state index < -0.39 is 0 Å². The second-order valence-corrected chi connectivity index (χ2v) is 2.14. The largest absolute Gasteiger partial charge is 0.394 e. The van der Waals surface area contributed by atoms with Gasteiger partial charge in [-0.05, 0) is 12.8 Å². The van der Waals surface area contributed by atoms with Crippen LogP contribution in [-0.2, 0) is 4.74 Å². The summed E-state index contributed by atoms with van der Waals surface area (Å²) in [7, 11) is 0. The molecule has 1 aliphatic rings. The summed E-state index contributed by atoms with van der Waals surface area (Å²) in [5.74, 6) is 0. The molecule has 9 heavy (non-hydrogen) atoms. The first kappa shape index (κ1) is 6.53. The van der Waals surface area contributed by atoms with E-state index in [4.69, 9.17) is 15.1 Å². The molecule has 1 heterocycles. The molecule has 1 rings (SSSR count). The lowest BCUT2D eigenvalue weighted by molar-refractivity contribution is 0.0339. The quantitative estimate of drug-likeness (QED) is 0.541. The van der Waals surface area contributed by atoms with Crippen molar-refractivity contribution in [2.75, 3.05) is 6.61 Å². The molecule has 1 N–H and O–H groups in total. The Morgan fingerprint density at radius 2 is 2.44 bits per heavy atom. The van der Waals surface area contributed by atoms with Crippen LogP contribution in [0, 0.1) is 11.3 Å². The average Bonchev–Trinajstić information content (AvgIpc) is 2.34. The fourth-order valence-electron chi connectivity index (χ4n) is 0.935. The zero-order valence-electron chi connectivity index (χ0n) is 5.08. The number of aliphatic hydroxyl groups is 1. The summed E-state index contributed by atoms with van der Waals surface area (Å²) in [6.07, 6.45) is 1.22. The van der Waals surface area contributed by atoms with Gasteiger partial charge in [0.1, 0.15) is 6.10 Å². The summed E-state index contributed by atoms with van der Waals surface area (Å²) in [5, 5.41) is 16.9. The summed E-state index contributed by atoms with van der Waals surface area (Å²) < 4.78 is 5.05. The molecule has 3 nitrogen and oxygen atoms in total. The molecule has 0 aromatic rings. The number of rotatable bonds is 1. The van der Waals surface area contributed by atoms with Gasteiger partial charge in [-0.2, -0.15) is 5.26 Å². The fraction of sp³-hybridized carbons (Fsp3) is 0.833. The molecular weight excluding hydrogens is 118 g/mol. The predicted octanol–water partition coefficient (Wildman–Crippen LogP) is 0.0499. The van der Waals surface area contributed by atoms with Gasteiger partial charge in [-0.1, -0.05) is 0 Å². The summed E-state index contributed by atoms with van der Waals surface area (Å²) in [4.78, 5) is 0. The molecule has 0 aromatic heterocycles. The molecule has 0 bridgehead atoms. The maximum absolute atomic E-state index is 8.54. The Morgan fingerprint density at radius 3 is 2.78 bits per heavy atom. The van der Waals surface area contributed by atoms with Crippen LogP contribution in [0.15, 0.2) is 0 Å². The Hall–Kier alpha value is -0.590. The third kappa shape index (κ3) is 1.41. The van der Waals surface area contributed by atoms with Crippen molar-refractivity contribution in [3.8, 4) is 6.07 Å². The van der Waals surface area contributed by atoms with Crippen LogP contribution in [0.1, 0.15) is 12.8 Å². The van der Waals surface area contributed by atoms with Gasteiger partial charge < -0.3 is 9.84 Å². The number of hydrogen-bond donors (Lipinski definition) is 1.